The van der Waals surface area contributed by atoms with E-state index in [4.69, 9.17) is 22.1 Å². The molecule has 2 rings (SSSR count). The summed E-state index contributed by atoms with van der Waals surface area (Å²) in [5.74, 6) is 0.592. The van der Waals surface area contributed by atoms with Crippen LogP contribution in [0.3, 0.4) is 0 Å². The highest BCUT2D eigenvalue weighted by Crippen LogP contribution is 2.27. The van der Waals surface area contributed by atoms with Gasteiger partial charge in [-0.3, -0.25) is 0 Å². The molecule has 0 saturated carbocycles. The topological polar surface area (TPSA) is 48.1 Å². The molecule has 3 nitrogen and oxygen atoms in total. The molecular weight excluding hydrogens is 244 g/mol. The smallest absolute Gasteiger partial charge is 0.140 e. The Hall–Kier alpha value is -1.26. The summed E-state index contributed by atoms with van der Waals surface area (Å²) < 4.78 is 5.55. The molecule has 0 aliphatic rings. The van der Waals surface area contributed by atoms with E-state index in [0.717, 1.165) is 10.7 Å². The standard InChI is InChI=1S/C11H11ClN2OS/c1-7-6-16-11(14-7)5-15-10-4-8(13)2-3-9(10)12/h2-4,6H,5,13H2,1H3. The molecule has 1 aromatic heterocycles. The van der Waals surface area contributed by atoms with Crippen LogP contribution in [0.1, 0.15) is 10.7 Å². The van der Waals surface area contributed by atoms with E-state index >= 15 is 0 Å². The van der Waals surface area contributed by atoms with Crippen LogP contribution in [0.4, 0.5) is 5.69 Å². The third-order valence-corrected chi connectivity index (χ3v) is 3.23. The lowest BCUT2D eigenvalue weighted by Gasteiger charge is -2.06. The fraction of sp³-hybridized carbons (Fsp3) is 0.182. The van der Waals surface area contributed by atoms with Gasteiger partial charge in [-0.05, 0) is 19.1 Å². The van der Waals surface area contributed by atoms with Crippen molar-refractivity contribution in [2.45, 2.75) is 13.5 Å². The Balaban J connectivity index is 2.07. The number of halogens is 1. The van der Waals surface area contributed by atoms with E-state index in [9.17, 15) is 0 Å². The molecule has 84 valence electrons. The van der Waals surface area contributed by atoms with Gasteiger partial charge in [-0.15, -0.1) is 11.3 Å². The summed E-state index contributed by atoms with van der Waals surface area (Å²) in [6, 6.07) is 5.17. The number of benzene rings is 1. The first-order chi connectivity index (χ1) is 7.65. The third-order valence-electron chi connectivity index (χ3n) is 1.97. The quantitative estimate of drug-likeness (QED) is 0.856. The Morgan fingerprint density at radius 1 is 1.50 bits per heavy atom. The molecule has 0 saturated heterocycles. The largest absolute Gasteiger partial charge is 0.485 e. The van der Waals surface area contributed by atoms with Gasteiger partial charge in [-0.2, -0.15) is 0 Å². The zero-order chi connectivity index (χ0) is 11.5. The Morgan fingerprint density at radius 2 is 2.31 bits per heavy atom. The monoisotopic (exact) mass is 254 g/mol. The van der Waals surface area contributed by atoms with Gasteiger partial charge >= 0.3 is 0 Å². The zero-order valence-corrected chi connectivity index (χ0v) is 10.3. The number of hydrogen-bond acceptors (Lipinski definition) is 4. The average molecular weight is 255 g/mol. The van der Waals surface area contributed by atoms with Crippen LogP contribution in [0.5, 0.6) is 5.75 Å². The summed E-state index contributed by atoms with van der Waals surface area (Å²) in [5.41, 5.74) is 7.29. The molecule has 1 aromatic carbocycles. The summed E-state index contributed by atoms with van der Waals surface area (Å²) in [6.07, 6.45) is 0. The van der Waals surface area contributed by atoms with E-state index in [1.807, 2.05) is 12.3 Å². The number of ether oxygens (including phenoxy) is 1. The number of nitrogen functional groups attached to an aromatic ring is 1. The summed E-state index contributed by atoms with van der Waals surface area (Å²) >= 11 is 7.54. The highest BCUT2D eigenvalue weighted by atomic mass is 35.5. The molecule has 16 heavy (non-hydrogen) atoms. The Morgan fingerprint density at radius 3 is 3.00 bits per heavy atom. The predicted molar refractivity (Wildman–Crippen MR) is 67.0 cm³/mol. The first-order valence-corrected chi connectivity index (χ1v) is 6.00. The molecule has 5 heteroatoms. The predicted octanol–water partition coefficient (Wildman–Crippen LogP) is 3.27. The molecule has 0 radical (unpaired) electrons. The molecule has 1 heterocycles. The van der Waals surface area contributed by atoms with Crippen molar-refractivity contribution < 1.29 is 4.74 Å². The number of aromatic nitrogens is 1. The lowest BCUT2D eigenvalue weighted by Crippen LogP contribution is -1.96. The van der Waals surface area contributed by atoms with Crippen LogP contribution in [0.25, 0.3) is 0 Å². The van der Waals surface area contributed by atoms with Crippen LogP contribution < -0.4 is 10.5 Å². The number of nitrogens with two attached hydrogens (primary N) is 1. The van der Waals surface area contributed by atoms with E-state index in [2.05, 4.69) is 4.98 Å². The van der Waals surface area contributed by atoms with Crippen LogP contribution in [-0.2, 0) is 6.61 Å². The molecule has 0 amide bonds. The number of rotatable bonds is 3. The van der Waals surface area contributed by atoms with Gasteiger partial charge in [0.25, 0.3) is 0 Å². The highest BCUT2D eigenvalue weighted by molar-refractivity contribution is 7.09. The van der Waals surface area contributed by atoms with Crippen molar-refractivity contribution in [3.8, 4) is 5.75 Å². The second-order valence-corrected chi connectivity index (χ2v) is 4.71. The molecule has 0 bridgehead atoms. The molecule has 2 N–H and O–H groups in total. The minimum atomic E-state index is 0.418. The second kappa shape index (κ2) is 4.72. The first kappa shape index (κ1) is 11.2. The van der Waals surface area contributed by atoms with Crippen LogP contribution in [-0.4, -0.2) is 4.98 Å². The first-order valence-electron chi connectivity index (χ1n) is 4.74. The molecule has 0 spiro atoms. The molecular formula is C11H11ClN2OS. The van der Waals surface area contributed by atoms with Crippen molar-refractivity contribution in [2.24, 2.45) is 0 Å². The summed E-state index contributed by atoms with van der Waals surface area (Å²) in [5, 5.41) is 3.47. The van der Waals surface area contributed by atoms with Crippen LogP contribution >= 0.6 is 22.9 Å². The average Bonchev–Trinajstić information content (AvgIpc) is 2.66. The molecule has 0 aliphatic heterocycles. The maximum atomic E-state index is 5.97. The van der Waals surface area contributed by atoms with Crippen LogP contribution in [0.2, 0.25) is 5.02 Å². The maximum Gasteiger partial charge on any atom is 0.140 e. The van der Waals surface area contributed by atoms with Crippen LogP contribution in [0, 0.1) is 6.92 Å². The Labute approximate surface area is 103 Å². The van der Waals surface area contributed by atoms with Gasteiger partial charge in [0.15, 0.2) is 0 Å². The van der Waals surface area contributed by atoms with E-state index in [1.165, 1.54) is 0 Å². The number of nitrogens with zero attached hydrogens (tertiary/aromatic N) is 1. The number of aryl methyl sites for hydroxylation is 1. The molecule has 0 unspecified atom stereocenters. The molecule has 0 fully saturated rings. The van der Waals surface area contributed by atoms with E-state index in [-0.39, 0.29) is 0 Å². The van der Waals surface area contributed by atoms with Gasteiger partial charge in [0, 0.05) is 22.8 Å². The van der Waals surface area contributed by atoms with Gasteiger partial charge in [0.05, 0.1) is 5.02 Å². The Bertz CT molecular complexity index is 498. The maximum absolute atomic E-state index is 5.97. The van der Waals surface area contributed by atoms with Crippen molar-refractivity contribution in [2.75, 3.05) is 5.73 Å². The van der Waals surface area contributed by atoms with Crippen molar-refractivity contribution in [3.05, 3.63) is 39.3 Å². The number of hydrogen-bond donors (Lipinski definition) is 1. The Kier molecular flexibility index (Phi) is 3.31. The van der Waals surface area contributed by atoms with Crippen molar-refractivity contribution >= 4 is 28.6 Å². The fourth-order valence-electron chi connectivity index (χ4n) is 1.24. The van der Waals surface area contributed by atoms with Gasteiger partial charge < -0.3 is 10.5 Å². The molecule has 2 aromatic rings. The SMILES string of the molecule is Cc1csc(COc2cc(N)ccc2Cl)n1. The number of thiazole rings is 1. The van der Waals surface area contributed by atoms with Gasteiger partial charge in [0.2, 0.25) is 0 Å². The van der Waals surface area contributed by atoms with Crippen molar-refractivity contribution in [1.82, 2.24) is 4.98 Å². The summed E-state index contributed by atoms with van der Waals surface area (Å²) in [4.78, 5) is 4.30. The molecule has 0 aliphatic carbocycles. The minimum absolute atomic E-state index is 0.418. The van der Waals surface area contributed by atoms with Crippen LogP contribution in [0.15, 0.2) is 23.6 Å². The summed E-state index contributed by atoms with van der Waals surface area (Å²) in [7, 11) is 0. The van der Waals surface area contributed by atoms with E-state index in [1.54, 1.807) is 29.5 Å². The van der Waals surface area contributed by atoms with Gasteiger partial charge in [-0.1, -0.05) is 11.6 Å². The number of anilines is 1. The van der Waals surface area contributed by atoms with E-state index < -0.39 is 0 Å². The highest BCUT2D eigenvalue weighted by Gasteiger charge is 2.04. The molecule has 0 atom stereocenters. The lowest BCUT2D eigenvalue weighted by molar-refractivity contribution is 0.306. The lowest BCUT2D eigenvalue weighted by atomic mass is 10.3. The normalized spacial score (nSPS) is 10.4. The summed E-state index contributed by atoms with van der Waals surface area (Å²) in [6.45, 7) is 2.37. The van der Waals surface area contributed by atoms with Gasteiger partial charge in [0.1, 0.15) is 17.4 Å². The fourth-order valence-corrected chi connectivity index (χ4v) is 2.09. The second-order valence-electron chi connectivity index (χ2n) is 3.36. The van der Waals surface area contributed by atoms with Crippen molar-refractivity contribution in [1.29, 1.82) is 0 Å². The van der Waals surface area contributed by atoms with E-state index in [0.29, 0.717) is 23.1 Å². The van der Waals surface area contributed by atoms with Gasteiger partial charge in [-0.25, -0.2) is 4.98 Å². The minimum Gasteiger partial charge on any atom is -0.485 e. The zero-order valence-electron chi connectivity index (χ0n) is 8.74. The van der Waals surface area contributed by atoms with Crippen molar-refractivity contribution in [3.63, 3.8) is 0 Å². The third kappa shape index (κ3) is 2.65.